The van der Waals surface area contributed by atoms with E-state index in [1.807, 2.05) is 0 Å². The first-order valence-corrected chi connectivity index (χ1v) is 5.23. The predicted octanol–water partition coefficient (Wildman–Crippen LogP) is 1.20. The van der Waals surface area contributed by atoms with E-state index in [1.165, 1.54) is 6.92 Å². The molecule has 0 amide bonds. The predicted molar refractivity (Wildman–Crippen MR) is 58.4 cm³/mol. The third-order valence-corrected chi connectivity index (χ3v) is 2.27. The van der Waals surface area contributed by atoms with Crippen molar-refractivity contribution in [2.24, 2.45) is 0 Å². The zero-order valence-corrected chi connectivity index (χ0v) is 9.39. The Morgan fingerprint density at radius 3 is 2.65 bits per heavy atom. The first-order valence-electron chi connectivity index (χ1n) is 5.23. The highest BCUT2D eigenvalue weighted by Crippen LogP contribution is 2.30. The second-order valence-electron chi connectivity index (χ2n) is 3.56. The molecule has 0 unspecified atom stereocenters. The number of carbonyl (C=O) groups excluding carboxylic acids is 2. The molecule has 0 radical (unpaired) electrons. The van der Waals surface area contributed by atoms with Gasteiger partial charge in [-0.1, -0.05) is 0 Å². The normalized spacial score (nSPS) is 13.0. The summed E-state index contributed by atoms with van der Waals surface area (Å²) in [5.41, 5.74) is 0.440. The standard InChI is InChI=1S/C12H12O5/c1-8(13)17-7-10(14)9-2-3-11-12(6-9)16-5-4-15-11/h2-3,6H,4-5,7H2,1H3. The van der Waals surface area contributed by atoms with Gasteiger partial charge < -0.3 is 14.2 Å². The summed E-state index contributed by atoms with van der Waals surface area (Å²) in [6.45, 7) is 1.98. The van der Waals surface area contributed by atoms with Crippen molar-refractivity contribution in [3.63, 3.8) is 0 Å². The maximum absolute atomic E-state index is 11.7. The SMILES string of the molecule is CC(=O)OCC(=O)c1ccc2c(c1)OCCO2. The summed E-state index contributed by atoms with van der Waals surface area (Å²) in [6.07, 6.45) is 0. The van der Waals surface area contributed by atoms with Gasteiger partial charge in [-0.3, -0.25) is 9.59 Å². The molecule has 0 saturated carbocycles. The fourth-order valence-corrected chi connectivity index (χ4v) is 1.47. The quantitative estimate of drug-likeness (QED) is 0.583. The van der Waals surface area contributed by atoms with Crippen molar-refractivity contribution in [1.82, 2.24) is 0 Å². The van der Waals surface area contributed by atoms with Crippen LogP contribution in [0.1, 0.15) is 17.3 Å². The lowest BCUT2D eigenvalue weighted by atomic mass is 10.1. The monoisotopic (exact) mass is 236 g/mol. The third-order valence-electron chi connectivity index (χ3n) is 2.27. The van der Waals surface area contributed by atoms with Crippen molar-refractivity contribution in [3.8, 4) is 11.5 Å². The highest BCUT2D eigenvalue weighted by atomic mass is 16.6. The fraction of sp³-hybridized carbons (Fsp3) is 0.333. The first-order chi connectivity index (χ1) is 8.16. The minimum Gasteiger partial charge on any atom is -0.486 e. The number of fused-ring (bicyclic) bond motifs is 1. The van der Waals surface area contributed by atoms with Gasteiger partial charge in [0.25, 0.3) is 0 Å². The number of hydrogen-bond donors (Lipinski definition) is 0. The molecular weight excluding hydrogens is 224 g/mol. The van der Waals surface area contributed by atoms with Crippen LogP contribution in [0.25, 0.3) is 0 Å². The van der Waals surface area contributed by atoms with Gasteiger partial charge in [0.2, 0.25) is 0 Å². The van der Waals surface area contributed by atoms with Gasteiger partial charge in [0.05, 0.1) is 0 Å². The molecule has 90 valence electrons. The van der Waals surface area contributed by atoms with Crippen molar-refractivity contribution in [1.29, 1.82) is 0 Å². The van der Waals surface area contributed by atoms with Crippen LogP contribution in [0.3, 0.4) is 0 Å². The minimum atomic E-state index is -0.476. The maximum atomic E-state index is 11.7. The minimum absolute atomic E-state index is 0.255. The third kappa shape index (κ3) is 2.75. The molecule has 5 nitrogen and oxygen atoms in total. The van der Waals surface area contributed by atoms with Crippen molar-refractivity contribution in [3.05, 3.63) is 23.8 Å². The van der Waals surface area contributed by atoms with Crippen LogP contribution in [0.5, 0.6) is 11.5 Å². The van der Waals surface area contributed by atoms with Crippen LogP contribution in [0.4, 0.5) is 0 Å². The van der Waals surface area contributed by atoms with E-state index in [-0.39, 0.29) is 12.4 Å². The van der Waals surface area contributed by atoms with Crippen molar-refractivity contribution in [2.45, 2.75) is 6.92 Å². The Balaban J connectivity index is 2.11. The zero-order valence-electron chi connectivity index (χ0n) is 9.39. The number of rotatable bonds is 3. The summed E-state index contributed by atoms with van der Waals surface area (Å²) in [5.74, 6) is 0.429. The van der Waals surface area contributed by atoms with Gasteiger partial charge in [-0.2, -0.15) is 0 Å². The number of hydrogen-bond acceptors (Lipinski definition) is 5. The van der Waals surface area contributed by atoms with Crippen LogP contribution >= 0.6 is 0 Å². The molecule has 0 N–H and O–H groups in total. The maximum Gasteiger partial charge on any atom is 0.303 e. The molecule has 1 heterocycles. The van der Waals surface area contributed by atoms with Gasteiger partial charge in [0, 0.05) is 12.5 Å². The van der Waals surface area contributed by atoms with Crippen LogP contribution in [-0.2, 0) is 9.53 Å². The summed E-state index contributed by atoms with van der Waals surface area (Å²) in [5, 5.41) is 0. The molecule has 1 aromatic rings. The lowest BCUT2D eigenvalue weighted by Gasteiger charge is -2.18. The molecule has 2 rings (SSSR count). The van der Waals surface area contributed by atoms with Gasteiger partial charge in [-0.25, -0.2) is 0 Å². The molecule has 1 aromatic carbocycles. The number of ketones is 1. The largest absolute Gasteiger partial charge is 0.486 e. The summed E-state index contributed by atoms with van der Waals surface area (Å²) < 4.78 is 15.3. The number of carbonyl (C=O) groups is 2. The lowest BCUT2D eigenvalue weighted by Crippen LogP contribution is -2.17. The topological polar surface area (TPSA) is 61.8 Å². The van der Waals surface area contributed by atoms with Crippen LogP contribution in [-0.4, -0.2) is 31.6 Å². The molecule has 5 heteroatoms. The Hall–Kier alpha value is -2.04. The molecule has 1 aliphatic rings. The Morgan fingerprint density at radius 1 is 1.24 bits per heavy atom. The Bertz CT molecular complexity index is 452. The summed E-state index contributed by atoms with van der Waals surface area (Å²) in [7, 11) is 0. The van der Waals surface area contributed by atoms with Crippen LogP contribution in [0.15, 0.2) is 18.2 Å². The highest BCUT2D eigenvalue weighted by molar-refractivity contribution is 5.98. The van der Waals surface area contributed by atoms with Gasteiger partial charge >= 0.3 is 5.97 Å². The van der Waals surface area contributed by atoms with Gasteiger partial charge in [0.1, 0.15) is 13.2 Å². The van der Waals surface area contributed by atoms with Crippen LogP contribution in [0, 0.1) is 0 Å². The average molecular weight is 236 g/mol. The number of Topliss-reactive ketones (excluding diaryl/α,β-unsaturated/α-hetero) is 1. The molecule has 0 aliphatic carbocycles. The average Bonchev–Trinajstić information content (AvgIpc) is 2.35. The van der Waals surface area contributed by atoms with Crippen molar-refractivity contribution < 1.29 is 23.8 Å². The molecule has 0 bridgehead atoms. The van der Waals surface area contributed by atoms with E-state index >= 15 is 0 Å². The summed E-state index contributed by atoms with van der Waals surface area (Å²) in [6, 6.07) is 4.90. The zero-order chi connectivity index (χ0) is 12.3. The second kappa shape index (κ2) is 4.86. The second-order valence-corrected chi connectivity index (χ2v) is 3.56. The first kappa shape index (κ1) is 11.4. The molecule has 0 aromatic heterocycles. The van der Waals surface area contributed by atoms with Crippen molar-refractivity contribution in [2.75, 3.05) is 19.8 Å². The molecule has 0 spiro atoms. The number of benzene rings is 1. The Morgan fingerprint density at radius 2 is 1.94 bits per heavy atom. The van der Waals surface area contributed by atoms with E-state index in [4.69, 9.17) is 9.47 Å². The van der Waals surface area contributed by atoms with Gasteiger partial charge in [-0.15, -0.1) is 0 Å². The van der Waals surface area contributed by atoms with Gasteiger partial charge in [-0.05, 0) is 18.2 Å². The molecule has 17 heavy (non-hydrogen) atoms. The molecule has 1 aliphatic heterocycles. The van der Waals surface area contributed by atoms with E-state index < -0.39 is 5.97 Å². The molecule has 0 saturated heterocycles. The summed E-state index contributed by atoms with van der Waals surface area (Å²) >= 11 is 0. The van der Waals surface area contributed by atoms with E-state index in [0.29, 0.717) is 30.3 Å². The molecule has 0 fully saturated rings. The smallest absolute Gasteiger partial charge is 0.303 e. The molecular formula is C12H12O5. The Kier molecular flexibility index (Phi) is 3.27. The van der Waals surface area contributed by atoms with Crippen molar-refractivity contribution >= 4 is 11.8 Å². The van der Waals surface area contributed by atoms with Crippen LogP contribution in [0.2, 0.25) is 0 Å². The lowest BCUT2D eigenvalue weighted by molar-refractivity contribution is -0.139. The summed E-state index contributed by atoms with van der Waals surface area (Å²) in [4.78, 5) is 22.3. The fourth-order valence-electron chi connectivity index (χ4n) is 1.47. The van der Waals surface area contributed by atoms with Gasteiger partial charge in [0.15, 0.2) is 23.9 Å². The van der Waals surface area contributed by atoms with E-state index in [0.717, 1.165) is 0 Å². The highest BCUT2D eigenvalue weighted by Gasteiger charge is 2.15. The molecule has 0 atom stereocenters. The van der Waals surface area contributed by atoms with E-state index in [9.17, 15) is 9.59 Å². The van der Waals surface area contributed by atoms with E-state index in [1.54, 1.807) is 18.2 Å². The Labute approximate surface area is 98.3 Å². The van der Waals surface area contributed by atoms with E-state index in [2.05, 4.69) is 4.74 Å². The van der Waals surface area contributed by atoms with Crippen LogP contribution < -0.4 is 9.47 Å². The number of esters is 1. The number of ether oxygens (including phenoxy) is 3.